The molecule has 0 aliphatic heterocycles. The second kappa shape index (κ2) is 8.12. The van der Waals surface area contributed by atoms with E-state index in [1.54, 1.807) is 6.07 Å². The lowest BCUT2D eigenvalue weighted by molar-refractivity contribution is -0.0504. The molecule has 0 fully saturated rings. The lowest BCUT2D eigenvalue weighted by atomic mass is 10.1. The van der Waals surface area contributed by atoms with Crippen LogP contribution in [0.4, 0.5) is 8.78 Å². The number of para-hydroxylation sites is 1. The number of hydrogen-bond acceptors (Lipinski definition) is 3. The molecule has 22 heavy (non-hydrogen) atoms. The van der Waals surface area contributed by atoms with Crippen LogP contribution in [0.2, 0.25) is 0 Å². The minimum absolute atomic E-state index is 0.00233. The van der Waals surface area contributed by atoms with E-state index in [9.17, 15) is 13.6 Å². The maximum Gasteiger partial charge on any atom is 0.387 e. The first-order valence-electron chi connectivity index (χ1n) is 6.91. The minimum atomic E-state index is -2.98. The summed E-state index contributed by atoms with van der Waals surface area (Å²) in [5.41, 5.74) is 1.16. The van der Waals surface area contributed by atoms with Gasteiger partial charge in [-0.3, -0.25) is 0 Å². The Morgan fingerprint density at radius 3 is 2.41 bits per heavy atom. The number of hydrogen-bond donors (Lipinski definition) is 0. The van der Waals surface area contributed by atoms with E-state index in [2.05, 4.69) is 4.74 Å². The fourth-order valence-corrected chi connectivity index (χ4v) is 2.00. The van der Waals surface area contributed by atoms with Gasteiger partial charge in [0.15, 0.2) is 0 Å². The highest BCUT2D eigenvalue weighted by atomic mass is 19.3. The normalized spacial score (nSPS) is 10.5. The second-order valence-electron chi connectivity index (χ2n) is 4.60. The van der Waals surface area contributed by atoms with Gasteiger partial charge in [-0.25, -0.2) is 4.79 Å². The van der Waals surface area contributed by atoms with E-state index < -0.39 is 12.6 Å². The van der Waals surface area contributed by atoms with Crippen molar-refractivity contribution in [3.63, 3.8) is 0 Å². The van der Waals surface area contributed by atoms with Crippen molar-refractivity contribution >= 4 is 5.97 Å². The highest BCUT2D eigenvalue weighted by molar-refractivity contribution is 5.92. The third-order valence-corrected chi connectivity index (χ3v) is 3.01. The van der Waals surface area contributed by atoms with Crippen LogP contribution < -0.4 is 4.74 Å². The molecule has 2 rings (SSSR count). The van der Waals surface area contributed by atoms with E-state index in [-0.39, 0.29) is 17.9 Å². The van der Waals surface area contributed by atoms with Gasteiger partial charge in [0.25, 0.3) is 0 Å². The van der Waals surface area contributed by atoms with Crippen LogP contribution in [0.1, 0.15) is 22.3 Å². The van der Waals surface area contributed by atoms with Gasteiger partial charge in [0.05, 0.1) is 6.61 Å². The Labute approximate surface area is 127 Å². The number of halogens is 2. The number of aryl methyl sites for hydroxylation is 1. The van der Waals surface area contributed by atoms with Gasteiger partial charge in [-0.05, 0) is 30.5 Å². The number of ether oxygens (including phenoxy) is 2. The van der Waals surface area contributed by atoms with Crippen LogP contribution in [0, 0.1) is 0 Å². The molecule has 0 aliphatic rings. The van der Waals surface area contributed by atoms with E-state index in [0.717, 1.165) is 12.0 Å². The van der Waals surface area contributed by atoms with Gasteiger partial charge in [0.1, 0.15) is 11.3 Å². The molecule has 0 saturated heterocycles. The Morgan fingerprint density at radius 2 is 1.68 bits per heavy atom. The summed E-state index contributed by atoms with van der Waals surface area (Å²) in [4.78, 5) is 11.9. The average molecular weight is 306 g/mol. The lowest BCUT2D eigenvalue weighted by Crippen LogP contribution is -2.11. The van der Waals surface area contributed by atoms with Gasteiger partial charge >= 0.3 is 12.6 Å². The molecule has 2 aromatic carbocycles. The summed E-state index contributed by atoms with van der Waals surface area (Å²) < 4.78 is 34.0. The molecule has 0 radical (unpaired) electrons. The Balaban J connectivity index is 1.85. The second-order valence-corrected chi connectivity index (χ2v) is 4.60. The first-order valence-corrected chi connectivity index (χ1v) is 6.91. The summed E-state index contributed by atoms with van der Waals surface area (Å²) in [6, 6.07) is 15.6. The molecular formula is C17H16F2O3. The van der Waals surface area contributed by atoms with Crippen molar-refractivity contribution in [1.29, 1.82) is 0 Å². The van der Waals surface area contributed by atoms with Gasteiger partial charge in [0, 0.05) is 0 Å². The van der Waals surface area contributed by atoms with Gasteiger partial charge in [-0.15, -0.1) is 0 Å². The number of carbonyl (C=O) groups excluding carboxylic acids is 1. The summed E-state index contributed by atoms with van der Waals surface area (Å²) >= 11 is 0. The SMILES string of the molecule is O=C(OCCCc1ccccc1)c1ccccc1OC(F)F. The topological polar surface area (TPSA) is 35.5 Å². The zero-order valence-corrected chi connectivity index (χ0v) is 11.9. The molecule has 0 amide bonds. The van der Waals surface area contributed by atoms with Gasteiger partial charge in [0.2, 0.25) is 0 Å². The summed E-state index contributed by atoms with van der Waals surface area (Å²) in [5.74, 6) is -0.838. The zero-order valence-electron chi connectivity index (χ0n) is 11.9. The molecule has 116 valence electrons. The first-order chi connectivity index (χ1) is 10.7. The molecule has 0 spiro atoms. The Hall–Kier alpha value is -2.43. The van der Waals surface area contributed by atoms with E-state index >= 15 is 0 Å². The number of alkyl halides is 2. The van der Waals surface area contributed by atoms with Crippen molar-refractivity contribution in [3.8, 4) is 5.75 Å². The number of carbonyl (C=O) groups is 1. The van der Waals surface area contributed by atoms with Crippen molar-refractivity contribution < 1.29 is 23.0 Å². The van der Waals surface area contributed by atoms with E-state index in [0.29, 0.717) is 6.42 Å². The predicted octanol–water partition coefficient (Wildman–Crippen LogP) is 4.08. The van der Waals surface area contributed by atoms with Crippen molar-refractivity contribution in [2.24, 2.45) is 0 Å². The van der Waals surface area contributed by atoms with Crippen molar-refractivity contribution in [1.82, 2.24) is 0 Å². The maximum atomic E-state index is 12.3. The molecule has 0 aromatic heterocycles. The molecule has 0 bridgehead atoms. The van der Waals surface area contributed by atoms with Crippen LogP contribution in [0.15, 0.2) is 54.6 Å². The first kappa shape index (κ1) is 15.9. The molecule has 0 atom stereocenters. The highest BCUT2D eigenvalue weighted by Crippen LogP contribution is 2.21. The van der Waals surface area contributed by atoms with E-state index in [4.69, 9.17) is 4.74 Å². The van der Waals surface area contributed by atoms with Crippen LogP contribution in [-0.4, -0.2) is 19.2 Å². The van der Waals surface area contributed by atoms with Crippen molar-refractivity contribution in [2.75, 3.05) is 6.61 Å². The standard InChI is InChI=1S/C17H16F2O3/c18-17(19)22-15-11-5-4-10-14(15)16(20)21-12-6-9-13-7-2-1-3-8-13/h1-5,7-8,10-11,17H,6,9,12H2. The molecule has 5 heteroatoms. The highest BCUT2D eigenvalue weighted by Gasteiger charge is 2.16. The largest absolute Gasteiger partial charge is 0.462 e. The Kier molecular flexibility index (Phi) is 5.89. The molecule has 0 aliphatic carbocycles. The number of benzene rings is 2. The smallest absolute Gasteiger partial charge is 0.387 e. The maximum absolute atomic E-state index is 12.3. The minimum Gasteiger partial charge on any atom is -0.462 e. The van der Waals surface area contributed by atoms with Crippen molar-refractivity contribution in [2.45, 2.75) is 19.5 Å². The fraction of sp³-hybridized carbons (Fsp3) is 0.235. The van der Waals surface area contributed by atoms with Crippen LogP contribution in [-0.2, 0) is 11.2 Å². The molecule has 0 saturated carbocycles. The fourth-order valence-electron chi connectivity index (χ4n) is 2.00. The average Bonchev–Trinajstić information content (AvgIpc) is 2.52. The predicted molar refractivity (Wildman–Crippen MR) is 78.1 cm³/mol. The molecule has 2 aromatic rings. The number of rotatable bonds is 7. The summed E-state index contributed by atoms with van der Waals surface area (Å²) in [7, 11) is 0. The van der Waals surface area contributed by atoms with Crippen LogP contribution in [0.3, 0.4) is 0 Å². The third-order valence-electron chi connectivity index (χ3n) is 3.01. The van der Waals surface area contributed by atoms with Gasteiger partial charge in [-0.2, -0.15) is 8.78 Å². The molecule has 0 heterocycles. The van der Waals surface area contributed by atoms with Crippen LogP contribution in [0.25, 0.3) is 0 Å². The van der Waals surface area contributed by atoms with E-state index in [1.807, 2.05) is 30.3 Å². The molecule has 3 nitrogen and oxygen atoms in total. The van der Waals surface area contributed by atoms with Crippen LogP contribution >= 0.6 is 0 Å². The monoisotopic (exact) mass is 306 g/mol. The summed E-state index contributed by atoms with van der Waals surface area (Å²) in [6.45, 7) is -2.76. The molecule has 0 N–H and O–H groups in total. The quantitative estimate of drug-likeness (QED) is 0.571. The lowest BCUT2D eigenvalue weighted by Gasteiger charge is -2.10. The summed E-state index contributed by atoms with van der Waals surface area (Å²) in [6.07, 6.45) is 1.44. The zero-order chi connectivity index (χ0) is 15.8. The van der Waals surface area contributed by atoms with Crippen molar-refractivity contribution in [3.05, 3.63) is 65.7 Å². The van der Waals surface area contributed by atoms with Gasteiger partial charge < -0.3 is 9.47 Å². The molecular weight excluding hydrogens is 290 g/mol. The third kappa shape index (κ3) is 4.84. The summed E-state index contributed by atoms with van der Waals surface area (Å²) in [5, 5.41) is 0. The Bertz CT molecular complexity index is 600. The Morgan fingerprint density at radius 1 is 1.00 bits per heavy atom. The van der Waals surface area contributed by atoms with Crippen LogP contribution in [0.5, 0.6) is 5.75 Å². The molecule has 0 unspecified atom stereocenters. The van der Waals surface area contributed by atoms with E-state index in [1.165, 1.54) is 18.2 Å². The number of esters is 1. The van der Waals surface area contributed by atoms with Gasteiger partial charge in [-0.1, -0.05) is 42.5 Å².